The molecular weight excluding hydrogens is 278 g/mol. The number of hydrogen-bond donors (Lipinski definition) is 1. The van der Waals surface area contributed by atoms with Crippen LogP contribution in [0, 0.1) is 0 Å². The molecular formula is C18H19NO3. The third-order valence-electron chi connectivity index (χ3n) is 4.26. The number of carbonyl (C=O) groups is 1. The minimum absolute atomic E-state index is 0.102. The Morgan fingerprint density at radius 3 is 2.55 bits per heavy atom. The molecule has 114 valence electrons. The van der Waals surface area contributed by atoms with Crippen molar-refractivity contribution in [2.24, 2.45) is 0 Å². The lowest BCUT2D eigenvalue weighted by atomic mass is 10.0. The summed E-state index contributed by atoms with van der Waals surface area (Å²) in [5.74, 6) is -1.18. The number of pyridine rings is 1. The molecule has 0 bridgehead atoms. The lowest BCUT2D eigenvalue weighted by Crippen LogP contribution is -2.28. The number of fused-ring (bicyclic) bond motifs is 1. The highest BCUT2D eigenvalue weighted by molar-refractivity contribution is 5.87. The van der Waals surface area contributed by atoms with Gasteiger partial charge in [-0.1, -0.05) is 12.1 Å². The van der Waals surface area contributed by atoms with Crippen molar-refractivity contribution in [1.82, 2.24) is 4.57 Å². The molecule has 0 saturated carbocycles. The summed E-state index contributed by atoms with van der Waals surface area (Å²) in [6.07, 6.45) is 3.36. The van der Waals surface area contributed by atoms with E-state index in [1.807, 2.05) is 19.9 Å². The third kappa shape index (κ3) is 2.34. The minimum atomic E-state index is -1.18. The second kappa shape index (κ2) is 5.44. The predicted molar refractivity (Wildman–Crippen MR) is 85.5 cm³/mol. The molecule has 4 heteroatoms. The summed E-state index contributed by atoms with van der Waals surface area (Å²) in [6, 6.07) is 9.33. The molecule has 0 radical (unpaired) electrons. The average molecular weight is 297 g/mol. The smallest absolute Gasteiger partial charge is 0.341 e. The fraction of sp³-hybridized carbons (Fsp3) is 0.333. The quantitative estimate of drug-likeness (QED) is 0.945. The van der Waals surface area contributed by atoms with E-state index >= 15 is 0 Å². The maximum absolute atomic E-state index is 12.5. The average Bonchev–Trinajstić information content (AvgIpc) is 2.93. The first-order chi connectivity index (χ1) is 10.5. The SMILES string of the molecule is CC(C)n1c(-c2ccc3c(c2)CCC3)ccc(C(=O)O)c1=O. The number of hydrogen-bond acceptors (Lipinski definition) is 2. The third-order valence-corrected chi connectivity index (χ3v) is 4.26. The first-order valence-electron chi connectivity index (χ1n) is 7.60. The van der Waals surface area contributed by atoms with Crippen molar-refractivity contribution in [3.05, 3.63) is 57.4 Å². The Kier molecular flexibility index (Phi) is 3.61. The molecule has 4 nitrogen and oxygen atoms in total. The van der Waals surface area contributed by atoms with Gasteiger partial charge in [0.25, 0.3) is 5.56 Å². The normalized spacial score (nSPS) is 13.4. The monoisotopic (exact) mass is 297 g/mol. The molecule has 22 heavy (non-hydrogen) atoms. The van der Waals surface area contributed by atoms with Crippen molar-refractivity contribution < 1.29 is 9.90 Å². The lowest BCUT2D eigenvalue weighted by Gasteiger charge is -2.18. The van der Waals surface area contributed by atoms with Crippen LogP contribution in [-0.2, 0) is 12.8 Å². The van der Waals surface area contributed by atoms with E-state index in [0.29, 0.717) is 0 Å². The van der Waals surface area contributed by atoms with Gasteiger partial charge in [-0.2, -0.15) is 0 Å². The number of nitrogens with zero attached hydrogens (tertiary/aromatic N) is 1. The zero-order valence-electron chi connectivity index (χ0n) is 12.8. The Morgan fingerprint density at radius 1 is 1.14 bits per heavy atom. The Morgan fingerprint density at radius 2 is 1.86 bits per heavy atom. The fourth-order valence-electron chi connectivity index (χ4n) is 3.19. The summed E-state index contributed by atoms with van der Waals surface area (Å²) in [5, 5.41) is 9.15. The molecule has 1 aliphatic rings. The lowest BCUT2D eigenvalue weighted by molar-refractivity contribution is 0.0694. The van der Waals surface area contributed by atoms with E-state index in [0.717, 1.165) is 24.1 Å². The molecule has 1 aromatic heterocycles. The van der Waals surface area contributed by atoms with Crippen molar-refractivity contribution in [2.45, 2.75) is 39.2 Å². The van der Waals surface area contributed by atoms with Gasteiger partial charge in [-0.3, -0.25) is 4.79 Å². The highest BCUT2D eigenvalue weighted by Gasteiger charge is 2.18. The summed E-state index contributed by atoms with van der Waals surface area (Å²) >= 11 is 0. The van der Waals surface area contributed by atoms with Crippen LogP contribution in [0.2, 0.25) is 0 Å². The topological polar surface area (TPSA) is 59.3 Å². The summed E-state index contributed by atoms with van der Waals surface area (Å²) in [7, 11) is 0. The van der Waals surface area contributed by atoms with Crippen LogP contribution < -0.4 is 5.56 Å². The van der Waals surface area contributed by atoms with Crippen molar-refractivity contribution in [1.29, 1.82) is 0 Å². The first-order valence-corrected chi connectivity index (χ1v) is 7.60. The molecule has 1 heterocycles. The van der Waals surface area contributed by atoms with E-state index in [4.69, 9.17) is 5.11 Å². The fourth-order valence-corrected chi connectivity index (χ4v) is 3.19. The molecule has 0 amide bonds. The van der Waals surface area contributed by atoms with Crippen LogP contribution in [0.1, 0.15) is 47.8 Å². The molecule has 1 N–H and O–H groups in total. The summed E-state index contributed by atoms with van der Waals surface area (Å²) in [5.41, 5.74) is 3.84. The van der Waals surface area contributed by atoms with Gasteiger partial charge in [-0.05, 0) is 68.0 Å². The van der Waals surface area contributed by atoms with Crippen molar-refractivity contribution in [3.63, 3.8) is 0 Å². The highest BCUT2D eigenvalue weighted by atomic mass is 16.4. The first kappa shape index (κ1) is 14.6. The van der Waals surface area contributed by atoms with Crippen molar-refractivity contribution in [2.75, 3.05) is 0 Å². The number of rotatable bonds is 3. The Labute approximate surface area is 129 Å². The van der Waals surface area contributed by atoms with Crippen LogP contribution in [-0.4, -0.2) is 15.6 Å². The van der Waals surface area contributed by atoms with E-state index in [-0.39, 0.29) is 11.6 Å². The van der Waals surface area contributed by atoms with Crippen LogP contribution in [0.15, 0.2) is 35.1 Å². The number of benzene rings is 1. The van der Waals surface area contributed by atoms with Gasteiger partial charge in [-0.15, -0.1) is 0 Å². The standard InChI is InChI=1S/C18H19NO3/c1-11(2)19-16(9-8-15(17(19)20)18(21)22)14-7-6-12-4-3-5-13(12)10-14/h6-11H,3-5H2,1-2H3,(H,21,22). The zero-order valence-corrected chi connectivity index (χ0v) is 12.8. The number of aromatic carboxylic acids is 1. The van der Waals surface area contributed by atoms with Gasteiger partial charge in [-0.25, -0.2) is 4.79 Å². The highest BCUT2D eigenvalue weighted by Crippen LogP contribution is 2.28. The number of carboxylic acid groups (broad SMARTS) is 1. The van der Waals surface area contributed by atoms with E-state index in [1.165, 1.54) is 23.6 Å². The van der Waals surface area contributed by atoms with E-state index in [2.05, 4.69) is 12.1 Å². The molecule has 0 unspecified atom stereocenters. The van der Waals surface area contributed by atoms with Gasteiger partial charge in [0.1, 0.15) is 5.56 Å². The number of aromatic nitrogens is 1. The van der Waals surface area contributed by atoms with Gasteiger partial charge >= 0.3 is 5.97 Å². The van der Waals surface area contributed by atoms with Crippen molar-refractivity contribution in [3.8, 4) is 11.3 Å². The maximum atomic E-state index is 12.5. The molecule has 0 atom stereocenters. The summed E-state index contributed by atoms with van der Waals surface area (Å²) < 4.78 is 1.57. The van der Waals surface area contributed by atoms with Crippen LogP contribution in [0.5, 0.6) is 0 Å². The van der Waals surface area contributed by atoms with Crippen molar-refractivity contribution >= 4 is 5.97 Å². The maximum Gasteiger partial charge on any atom is 0.341 e. The largest absolute Gasteiger partial charge is 0.477 e. The number of carboxylic acids is 1. The van der Waals surface area contributed by atoms with Crippen LogP contribution in [0.4, 0.5) is 0 Å². The van der Waals surface area contributed by atoms with Gasteiger partial charge in [0.15, 0.2) is 0 Å². The summed E-state index contributed by atoms with van der Waals surface area (Å²) in [6.45, 7) is 3.79. The van der Waals surface area contributed by atoms with E-state index in [9.17, 15) is 9.59 Å². The van der Waals surface area contributed by atoms with Gasteiger partial charge in [0, 0.05) is 6.04 Å². The van der Waals surface area contributed by atoms with E-state index < -0.39 is 11.5 Å². The van der Waals surface area contributed by atoms with Gasteiger partial charge < -0.3 is 9.67 Å². The van der Waals surface area contributed by atoms with Crippen LogP contribution in [0.25, 0.3) is 11.3 Å². The predicted octanol–water partition coefficient (Wildman–Crippen LogP) is 3.28. The molecule has 0 aliphatic heterocycles. The Balaban J connectivity index is 2.21. The molecule has 1 aromatic carbocycles. The number of aryl methyl sites for hydroxylation is 2. The van der Waals surface area contributed by atoms with Gasteiger partial charge in [0.2, 0.25) is 0 Å². The zero-order chi connectivity index (χ0) is 15.9. The second-order valence-corrected chi connectivity index (χ2v) is 6.04. The van der Waals surface area contributed by atoms with E-state index in [1.54, 1.807) is 10.6 Å². The second-order valence-electron chi connectivity index (χ2n) is 6.04. The Bertz CT molecular complexity index is 802. The molecule has 2 aromatic rings. The molecule has 0 fully saturated rings. The molecule has 0 saturated heterocycles. The van der Waals surface area contributed by atoms with Crippen LogP contribution in [0.3, 0.4) is 0 Å². The minimum Gasteiger partial charge on any atom is -0.477 e. The van der Waals surface area contributed by atoms with Crippen LogP contribution >= 0.6 is 0 Å². The molecule has 3 rings (SSSR count). The molecule has 0 spiro atoms. The Hall–Kier alpha value is -2.36. The summed E-state index contributed by atoms with van der Waals surface area (Å²) in [4.78, 5) is 23.6. The molecule has 1 aliphatic carbocycles. The van der Waals surface area contributed by atoms with Gasteiger partial charge in [0.05, 0.1) is 5.69 Å².